The lowest BCUT2D eigenvalue weighted by Crippen LogP contribution is -2.29. The Morgan fingerprint density at radius 2 is 1.52 bits per heavy atom. The summed E-state index contributed by atoms with van der Waals surface area (Å²) in [6.45, 7) is 2.08. The van der Waals surface area contributed by atoms with E-state index in [4.69, 9.17) is 4.74 Å². The molecule has 7 nitrogen and oxygen atoms in total. The van der Waals surface area contributed by atoms with Crippen LogP contribution in [-0.4, -0.2) is 39.6 Å². The van der Waals surface area contributed by atoms with Gasteiger partial charge in [-0.2, -0.15) is 0 Å². The molecule has 0 radical (unpaired) electrons. The average molecular weight is 533 g/mol. The van der Waals surface area contributed by atoms with Gasteiger partial charge < -0.3 is 4.74 Å². The summed E-state index contributed by atoms with van der Waals surface area (Å²) in [5.74, 6) is -1.92. The number of esters is 1. The Kier molecular flexibility index (Phi) is 7.92. The van der Waals surface area contributed by atoms with Gasteiger partial charge in [0.2, 0.25) is 5.78 Å². The second-order valence-electron chi connectivity index (χ2n) is 9.66. The van der Waals surface area contributed by atoms with E-state index in [1.807, 2.05) is 49.4 Å². The Balaban J connectivity index is 1.32. The Morgan fingerprint density at radius 1 is 0.825 bits per heavy atom. The molecule has 2 amide bonds. The number of fused-ring (bicyclic) bond motifs is 1. The minimum atomic E-state index is -0.970. The molecule has 4 aromatic rings. The topological polar surface area (TPSA) is 93.6 Å². The summed E-state index contributed by atoms with van der Waals surface area (Å²) in [7, 11) is 0. The molecule has 0 bridgehead atoms. The van der Waals surface area contributed by atoms with Gasteiger partial charge in [-0.3, -0.25) is 24.3 Å². The van der Waals surface area contributed by atoms with E-state index in [2.05, 4.69) is 4.98 Å². The van der Waals surface area contributed by atoms with Crippen molar-refractivity contribution in [1.29, 1.82) is 0 Å². The fourth-order valence-electron chi connectivity index (χ4n) is 4.71. The molecular weight excluding hydrogens is 504 g/mol. The zero-order valence-electron chi connectivity index (χ0n) is 22.1. The number of nitrogens with zero attached hydrogens (tertiary/aromatic N) is 2. The lowest BCUT2D eigenvalue weighted by atomic mass is 9.98. The van der Waals surface area contributed by atoms with E-state index in [0.717, 1.165) is 22.4 Å². The molecule has 40 heavy (non-hydrogen) atoms. The number of pyridine rings is 1. The van der Waals surface area contributed by atoms with Crippen LogP contribution in [0.2, 0.25) is 0 Å². The van der Waals surface area contributed by atoms with E-state index >= 15 is 0 Å². The second-order valence-corrected chi connectivity index (χ2v) is 9.66. The van der Waals surface area contributed by atoms with Crippen LogP contribution in [-0.2, 0) is 11.3 Å². The van der Waals surface area contributed by atoms with Crippen molar-refractivity contribution >= 4 is 23.6 Å². The van der Waals surface area contributed by atoms with Crippen LogP contribution in [0, 0.1) is 0 Å². The first kappa shape index (κ1) is 26.7. The third kappa shape index (κ3) is 5.59. The van der Waals surface area contributed by atoms with Gasteiger partial charge in [0.15, 0.2) is 6.10 Å². The van der Waals surface area contributed by atoms with E-state index in [0.29, 0.717) is 24.0 Å². The van der Waals surface area contributed by atoms with Gasteiger partial charge in [-0.1, -0.05) is 74.0 Å². The Bertz CT molecular complexity index is 1550. The monoisotopic (exact) mass is 532 g/mol. The van der Waals surface area contributed by atoms with Crippen LogP contribution < -0.4 is 0 Å². The van der Waals surface area contributed by atoms with Crippen LogP contribution >= 0.6 is 0 Å². The SMILES string of the molecule is CCCC[C@@H](OC(=O)c1ccc2c(c1)C(=O)N(Cc1cccnc1)C2=O)C(=O)c1ccc(-c2ccccc2)cc1. The number of ketones is 1. The number of carbonyl (C=O) groups is 4. The van der Waals surface area contributed by atoms with Gasteiger partial charge in [-0.25, -0.2) is 4.79 Å². The maximum Gasteiger partial charge on any atom is 0.338 e. The van der Waals surface area contributed by atoms with Gasteiger partial charge in [-0.05, 0) is 53.8 Å². The number of unbranched alkanes of at least 4 members (excludes halogenated alkanes) is 1. The second kappa shape index (κ2) is 11.9. The highest BCUT2D eigenvalue weighted by molar-refractivity contribution is 6.22. The molecule has 1 atom stereocenters. The van der Waals surface area contributed by atoms with Crippen LogP contribution in [0.1, 0.15) is 73.2 Å². The molecule has 1 aliphatic rings. The number of Topliss-reactive ketones (excluding diaryl/α,β-unsaturated/α-hetero) is 1. The molecule has 7 heteroatoms. The summed E-state index contributed by atoms with van der Waals surface area (Å²) in [5, 5.41) is 0. The Hall–Kier alpha value is -4.91. The number of rotatable bonds is 10. The zero-order chi connectivity index (χ0) is 28.1. The van der Waals surface area contributed by atoms with Crippen molar-refractivity contribution in [1.82, 2.24) is 9.88 Å². The first-order valence-corrected chi connectivity index (χ1v) is 13.3. The standard InChI is InChI=1S/C33H28N2O5/c1-2-3-11-29(30(36)25-14-12-24(13-15-25)23-9-5-4-6-10-23)40-33(39)26-16-17-27-28(19-26)32(38)35(31(27)37)21-22-8-7-18-34-20-22/h4-10,12-20,29H,2-3,11,21H2,1H3/t29-/m1/s1. The van der Waals surface area contributed by atoms with E-state index < -0.39 is 23.9 Å². The minimum absolute atomic E-state index is 0.0800. The Labute approximate surface area is 232 Å². The summed E-state index contributed by atoms with van der Waals surface area (Å²) in [6, 6.07) is 24.9. The molecule has 0 saturated heterocycles. The molecule has 1 aromatic heterocycles. The third-order valence-corrected chi connectivity index (χ3v) is 6.91. The van der Waals surface area contributed by atoms with Crippen molar-refractivity contribution in [3.63, 3.8) is 0 Å². The molecule has 1 aliphatic heterocycles. The van der Waals surface area contributed by atoms with E-state index in [9.17, 15) is 19.2 Å². The highest BCUT2D eigenvalue weighted by atomic mass is 16.5. The first-order chi connectivity index (χ1) is 19.5. The molecule has 200 valence electrons. The van der Waals surface area contributed by atoms with Crippen LogP contribution in [0.4, 0.5) is 0 Å². The number of amides is 2. The molecule has 0 aliphatic carbocycles. The summed E-state index contributed by atoms with van der Waals surface area (Å²) in [5.41, 5.74) is 3.66. The Morgan fingerprint density at radius 3 is 2.23 bits per heavy atom. The van der Waals surface area contributed by atoms with Gasteiger partial charge in [0, 0.05) is 18.0 Å². The minimum Gasteiger partial charge on any atom is -0.450 e. The van der Waals surface area contributed by atoms with Crippen molar-refractivity contribution in [2.45, 2.75) is 38.8 Å². The predicted molar refractivity (Wildman–Crippen MR) is 150 cm³/mol. The first-order valence-electron chi connectivity index (χ1n) is 13.3. The fraction of sp³-hybridized carbons (Fsp3) is 0.182. The number of carbonyl (C=O) groups excluding carboxylic acids is 4. The third-order valence-electron chi connectivity index (χ3n) is 6.91. The molecular formula is C33H28N2O5. The van der Waals surface area contributed by atoms with Crippen molar-refractivity contribution in [2.24, 2.45) is 0 Å². The maximum absolute atomic E-state index is 13.4. The maximum atomic E-state index is 13.4. The fourth-order valence-corrected chi connectivity index (χ4v) is 4.71. The smallest absolute Gasteiger partial charge is 0.338 e. The van der Waals surface area contributed by atoms with E-state index in [1.165, 1.54) is 18.2 Å². The van der Waals surface area contributed by atoms with Crippen molar-refractivity contribution in [3.8, 4) is 11.1 Å². The quantitative estimate of drug-likeness (QED) is 0.138. The van der Waals surface area contributed by atoms with Gasteiger partial charge in [0.1, 0.15) is 0 Å². The van der Waals surface area contributed by atoms with Crippen LogP contribution in [0.15, 0.2) is 97.3 Å². The number of hydrogen-bond acceptors (Lipinski definition) is 6. The van der Waals surface area contributed by atoms with Crippen molar-refractivity contribution in [2.75, 3.05) is 0 Å². The lowest BCUT2D eigenvalue weighted by molar-refractivity contribution is 0.0263. The molecule has 0 unspecified atom stereocenters. The van der Waals surface area contributed by atoms with E-state index in [1.54, 1.807) is 36.7 Å². The number of hydrogen-bond donors (Lipinski definition) is 0. The van der Waals surface area contributed by atoms with Crippen LogP contribution in [0.3, 0.4) is 0 Å². The van der Waals surface area contributed by atoms with Crippen LogP contribution in [0.25, 0.3) is 11.1 Å². The summed E-state index contributed by atoms with van der Waals surface area (Å²) >= 11 is 0. The van der Waals surface area contributed by atoms with Crippen molar-refractivity contribution < 1.29 is 23.9 Å². The molecule has 0 N–H and O–H groups in total. The molecule has 3 aromatic carbocycles. The molecule has 2 heterocycles. The lowest BCUT2D eigenvalue weighted by Gasteiger charge is -2.17. The molecule has 0 spiro atoms. The average Bonchev–Trinajstić information content (AvgIpc) is 3.24. The summed E-state index contributed by atoms with van der Waals surface area (Å²) < 4.78 is 5.71. The predicted octanol–water partition coefficient (Wildman–Crippen LogP) is 6.14. The highest BCUT2D eigenvalue weighted by Crippen LogP contribution is 2.27. The van der Waals surface area contributed by atoms with Gasteiger partial charge >= 0.3 is 5.97 Å². The van der Waals surface area contributed by atoms with Gasteiger partial charge in [-0.15, -0.1) is 0 Å². The number of benzene rings is 3. The summed E-state index contributed by atoms with van der Waals surface area (Å²) in [6.07, 6.45) is 4.14. The van der Waals surface area contributed by atoms with E-state index in [-0.39, 0.29) is 29.0 Å². The number of ether oxygens (including phenoxy) is 1. The molecule has 5 rings (SSSR count). The van der Waals surface area contributed by atoms with Crippen molar-refractivity contribution in [3.05, 3.63) is 125 Å². The number of imide groups is 1. The highest BCUT2D eigenvalue weighted by Gasteiger charge is 2.36. The summed E-state index contributed by atoms with van der Waals surface area (Å²) in [4.78, 5) is 57.6. The zero-order valence-corrected chi connectivity index (χ0v) is 22.1. The largest absolute Gasteiger partial charge is 0.450 e. The molecule has 0 fully saturated rings. The normalized spacial score (nSPS) is 13.2. The van der Waals surface area contributed by atoms with Gasteiger partial charge in [0.25, 0.3) is 11.8 Å². The number of aromatic nitrogens is 1. The van der Waals surface area contributed by atoms with Crippen LogP contribution in [0.5, 0.6) is 0 Å². The van der Waals surface area contributed by atoms with Gasteiger partial charge in [0.05, 0.1) is 23.2 Å². The molecule has 0 saturated carbocycles.